The van der Waals surface area contributed by atoms with Crippen molar-refractivity contribution < 1.29 is 9.59 Å². The molecule has 0 spiro atoms. The van der Waals surface area contributed by atoms with E-state index in [-0.39, 0.29) is 18.4 Å². The SMILES string of the molecule is CNC(=O)c1ccc(CN(C)CC(=O)Nc2ccnn2C2CCCC2)cc1. The highest BCUT2D eigenvalue weighted by Gasteiger charge is 2.20. The zero-order chi connectivity index (χ0) is 19.2. The Labute approximate surface area is 159 Å². The van der Waals surface area contributed by atoms with Gasteiger partial charge in [0.1, 0.15) is 5.82 Å². The Morgan fingerprint density at radius 2 is 1.89 bits per heavy atom. The van der Waals surface area contributed by atoms with Crippen LogP contribution >= 0.6 is 0 Å². The normalized spacial score (nSPS) is 14.5. The Hall–Kier alpha value is -2.67. The molecule has 0 atom stereocenters. The van der Waals surface area contributed by atoms with E-state index in [1.54, 1.807) is 25.4 Å². The van der Waals surface area contributed by atoms with Gasteiger partial charge in [-0.3, -0.25) is 14.5 Å². The van der Waals surface area contributed by atoms with E-state index in [2.05, 4.69) is 15.7 Å². The molecule has 1 aliphatic carbocycles. The molecule has 1 aromatic carbocycles. The molecule has 1 aliphatic rings. The third-order valence-electron chi connectivity index (χ3n) is 4.92. The van der Waals surface area contributed by atoms with Gasteiger partial charge in [0.25, 0.3) is 5.91 Å². The zero-order valence-electron chi connectivity index (χ0n) is 15.9. The molecule has 2 N–H and O–H groups in total. The molecule has 2 aromatic rings. The van der Waals surface area contributed by atoms with Crippen LogP contribution in [0, 0.1) is 0 Å². The van der Waals surface area contributed by atoms with Crippen LogP contribution in [-0.2, 0) is 11.3 Å². The fourth-order valence-electron chi connectivity index (χ4n) is 3.55. The van der Waals surface area contributed by atoms with Gasteiger partial charge in [0.15, 0.2) is 0 Å². The van der Waals surface area contributed by atoms with E-state index in [0.29, 0.717) is 18.2 Å². The van der Waals surface area contributed by atoms with E-state index in [0.717, 1.165) is 24.2 Å². The van der Waals surface area contributed by atoms with Crippen LogP contribution in [0.25, 0.3) is 0 Å². The quantitative estimate of drug-likeness (QED) is 0.786. The van der Waals surface area contributed by atoms with E-state index in [9.17, 15) is 9.59 Å². The van der Waals surface area contributed by atoms with Gasteiger partial charge >= 0.3 is 0 Å². The average Bonchev–Trinajstić information content (AvgIpc) is 3.32. The van der Waals surface area contributed by atoms with Crippen molar-refractivity contribution in [2.24, 2.45) is 0 Å². The molecule has 1 aromatic heterocycles. The van der Waals surface area contributed by atoms with Crippen LogP contribution in [-0.4, -0.2) is 47.1 Å². The number of anilines is 1. The Bertz CT molecular complexity index is 778. The van der Waals surface area contributed by atoms with Gasteiger partial charge in [-0.1, -0.05) is 25.0 Å². The summed E-state index contributed by atoms with van der Waals surface area (Å²) in [6.07, 6.45) is 6.43. The summed E-state index contributed by atoms with van der Waals surface area (Å²) in [4.78, 5) is 25.9. The van der Waals surface area contributed by atoms with Crippen molar-refractivity contribution >= 4 is 17.6 Å². The molecule has 7 heteroatoms. The molecule has 1 heterocycles. The Morgan fingerprint density at radius 1 is 1.19 bits per heavy atom. The number of amides is 2. The van der Waals surface area contributed by atoms with Gasteiger partial charge in [-0.2, -0.15) is 5.10 Å². The first kappa shape index (κ1) is 19.1. The van der Waals surface area contributed by atoms with Crippen molar-refractivity contribution in [2.75, 3.05) is 26.0 Å². The molecule has 1 fully saturated rings. The summed E-state index contributed by atoms with van der Waals surface area (Å²) < 4.78 is 1.95. The fraction of sp³-hybridized carbons (Fsp3) is 0.450. The Balaban J connectivity index is 1.52. The maximum Gasteiger partial charge on any atom is 0.251 e. The first-order valence-corrected chi connectivity index (χ1v) is 9.39. The lowest BCUT2D eigenvalue weighted by molar-refractivity contribution is -0.117. The summed E-state index contributed by atoms with van der Waals surface area (Å²) in [7, 11) is 3.52. The summed E-state index contributed by atoms with van der Waals surface area (Å²) in [5, 5.41) is 9.97. The predicted octanol–water partition coefficient (Wildman–Crippen LogP) is 2.43. The van der Waals surface area contributed by atoms with Crippen molar-refractivity contribution in [3.63, 3.8) is 0 Å². The molecular weight excluding hydrogens is 342 g/mol. The molecule has 0 saturated heterocycles. The van der Waals surface area contributed by atoms with E-state index in [1.807, 2.05) is 34.8 Å². The van der Waals surface area contributed by atoms with Crippen LogP contribution in [0.15, 0.2) is 36.5 Å². The van der Waals surface area contributed by atoms with Gasteiger partial charge in [-0.05, 0) is 37.6 Å². The summed E-state index contributed by atoms with van der Waals surface area (Å²) in [6.45, 7) is 0.913. The smallest absolute Gasteiger partial charge is 0.251 e. The van der Waals surface area contributed by atoms with Crippen LogP contribution in [0.2, 0.25) is 0 Å². The molecule has 0 bridgehead atoms. The van der Waals surface area contributed by atoms with Gasteiger partial charge < -0.3 is 10.6 Å². The van der Waals surface area contributed by atoms with Gasteiger partial charge in [0.2, 0.25) is 5.91 Å². The van der Waals surface area contributed by atoms with Crippen molar-refractivity contribution in [3.05, 3.63) is 47.7 Å². The first-order chi connectivity index (χ1) is 13.1. The van der Waals surface area contributed by atoms with E-state index >= 15 is 0 Å². The Kier molecular flexibility index (Phi) is 6.24. The van der Waals surface area contributed by atoms with Crippen LogP contribution in [0.5, 0.6) is 0 Å². The minimum Gasteiger partial charge on any atom is -0.355 e. The molecule has 0 unspecified atom stereocenters. The summed E-state index contributed by atoms with van der Waals surface area (Å²) >= 11 is 0. The zero-order valence-corrected chi connectivity index (χ0v) is 15.9. The highest BCUT2D eigenvalue weighted by molar-refractivity contribution is 5.94. The van der Waals surface area contributed by atoms with Crippen LogP contribution in [0.1, 0.15) is 47.6 Å². The number of hydrogen-bond donors (Lipinski definition) is 2. The van der Waals surface area contributed by atoms with Gasteiger partial charge in [-0.15, -0.1) is 0 Å². The number of benzene rings is 1. The van der Waals surface area contributed by atoms with Gasteiger partial charge in [-0.25, -0.2) is 4.68 Å². The maximum atomic E-state index is 12.4. The maximum absolute atomic E-state index is 12.4. The minimum absolute atomic E-state index is 0.0563. The number of nitrogens with one attached hydrogen (secondary N) is 2. The van der Waals surface area contributed by atoms with Gasteiger partial charge in [0.05, 0.1) is 18.8 Å². The fourth-order valence-corrected chi connectivity index (χ4v) is 3.55. The molecule has 2 amide bonds. The number of hydrogen-bond acceptors (Lipinski definition) is 4. The summed E-state index contributed by atoms with van der Waals surface area (Å²) in [5.41, 5.74) is 1.68. The monoisotopic (exact) mass is 369 g/mol. The van der Waals surface area contributed by atoms with E-state index < -0.39 is 0 Å². The van der Waals surface area contributed by atoms with Crippen LogP contribution in [0.4, 0.5) is 5.82 Å². The number of carbonyl (C=O) groups excluding carboxylic acids is 2. The predicted molar refractivity (Wildman–Crippen MR) is 105 cm³/mol. The van der Waals surface area contributed by atoms with Crippen molar-refractivity contribution in [1.82, 2.24) is 20.0 Å². The Morgan fingerprint density at radius 3 is 2.56 bits per heavy atom. The first-order valence-electron chi connectivity index (χ1n) is 9.39. The van der Waals surface area contributed by atoms with Crippen molar-refractivity contribution in [3.8, 4) is 0 Å². The number of nitrogens with zero attached hydrogens (tertiary/aromatic N) is 3. The molecule has 144 valence electrons. The lowest BCUT2D eigenvalue weighted by Gasteiger charge is -2.18. The lowest BCUT2D eigenvalue weighted by Crippen LogP contribution is -2.30. The van der Waals surface area contributed by atoms with Gasteiger partial charge in [0, 0.05) is 25.2 Å². The summed E-state index contributed by atoms with van der Waals surface area (Å²) in [6, 6.07) is 9.66. The number of likely N-dealkylation sites (N-methyl/N-ethyl adjacent to an activating group) is 1. The van der Waals surface area contributed by atoms with E-state index in [1.165, 1.54) is 12.8 Å². The lowest BCUT2D eigenvalue weighted by atomic mass is 10.1. The minimum atomic E-state index is -0.104. The summed E-state index contributed by atoms with van der Waals surface area (Å²) in [5.74, 6) is 0.614. The molecule has 27 heavy (non-hydrogen) atoms. The third-order valence-corrected chi connectivity index (χ3v) is 4.92. The van der Waals surface area contributed by atoms with Crippen LogP contribution in [0.3, 0.4) is 0 Å². The third kappa shape index (κ3) is 4.95. The number of carbonyl (C=O) groups is 2. The standard InChI is InChI=1S/C20H27N5O2/c1-21-20(27)16-9-7-15(8-10-16)13-24(2)14-19(26)23-18-11-12-22-25(18)17-5-3-4-6-17/h7-12,17H,3-6,13-14H2,1-2H3,(H,21,27)(H,23,26). The highest BCUT2D eigenvalue weighted by Crippen LogP contribution is 2.31. The second-order valence-corrected chi connectivity index (χ2v) is 7.10. The molecule has 3 rings (SSSR count). The molecule has 0 radical (unpaired) electrons. The topological polar surface area (TPSA) is 79.3 Å². The molecule has 0 aliphatic heterocycles. The highest BCUT2D eigenvalue weighted by atomic mass is 16.2. The molecule has 1 saturated carbocycles. The van der Waals surface area contributed by atoms with Crippen molar-refractivity contribution in [1.29, 1.82) is 0 Å². The van der Waals surface area contributed by atoms with Crippen molar-refractivity contribution in [2.45, 2.75) is 38.3 Å². The second-order valence-electron chi connectivity index (χ2n) is 7.10. The average molecular weight is 369 g/mol. The molecular formula is C20H27N5O2. The number of rotatable bonds is 7. The van der Waals surface area contributed by atoms with Crippen LogP contribution < -0.4 is 10.6 Å². The van der Waals surface area contributed by atoms with E-state index in [4.69, 9.17) is 0 Å². The largest absolute Gasteiger partial charge is 0.355 e. The molecule has 7 nitrogen and oxygen atoms in total. The second kappa shape index (κ2) is 8.81. The number of aromatic nitrogens is 2.